The fourth-order valence-corrected chi connectivity index (χ4v) is 2.37. The van der Waals surface area contributed by atoms with Crippen LogP contribution in [0.25, 0.3) is 0 Å². The molecule has 0 aromatic heterocycles. The Labute approximate surface area is 106 Å². The van der Waals surface area contributed by atoms with Crippen LogP contribution in [0, 0.1) is 17.7 Å². The normalized spacial score (nSPS) is 11.5. The third-order valence-corrected chi connectivity index (χ3v) is 3.21. The molecule has 0 unspecified atom stereocenters. The van der Waals surface area contributed by atoms with E-state index in [0.717, 1.165) is 28.4 Å². The molecule has 0 atom stereocenters. The van der Waals surface area contributed by atoms with Gasteiger partial charge in [-0.1, -0.05) is 43.6 Å². The Kier molecular flexibility index (Phi) is 4.97. The first-order chi connectivity index (χ1) is 7.40. The first-order valence-electron chi connectivity index (χ1n) is 5.87. The molecule has 0 nitrogen and oxygen atoms in total. The van der Waals surface area contributed by atoms with E-state index in [0.29, 0.717) is 11.8 Å². The fourth-order valence-electron chi connectivity index (χ4n) is 1.82. The standard InChI is InChI=1S/C14H20BrF/c1-9(2)5-11-8-14(16)12(6-10(3)4)7-13(11)15/h7-10H,5-6H2,1-4H3. The second-order valence-electron chi connectivity index (χ2n) is 5.23. The van der Waals surface area contributed by atoms with E-state index in [1.54, 1.807) is 6.07 Å². The Morgan fingerprint density at radius 3 is 2.00 bits per heavy atom. The second-order valence-corrected chi connectivity index (χ2v) is 6.09. The largest absolute Gasteiger partial charge is 0.207 e. The Morgan fingerprint density at radius 2 is 1.50 bits per heavy atom. The highest BCUT2D eigenvalue weighted by Crippen LogP contribution is 2.25. The molecular formula is C14H20BrF. The monoisotopic (exact) mass is 286 g/mol. The van der Waals surface area contributed by atoms with E-state index in [1.165, 1.54) is 0 Å². The van der Waals surface area contributed by atoms with Crippen molar-refractivity contribution in [3.05, 3.63) is 33.5 Å². The zero-order valence-electron chi connectivity index (χ0n) is 10.5. The van der Waals surface area contributed by atoms with Crippen molar-refractivity contribution in [2.45, 2.75) is 40.5 Å². The van der Waals surface area contributed by atoms with Gasteiger partial charge in [-0.05, 0) is 47.9 Å². The lowest BCUT2D eigenvalue weighted by Gasteiger charge is -2.12. The highest BCUT2D eigenvalue weighted by Gasteiger charge is 2.10. The summed E-state index contributed by atoms with van der Waals surface area (Å²) in [7, 11) is 0. The molecule has 0 N–H and O–H groups in total. The summed E-state index contributed by atoms with van der Waals surface area (Å²) in [5.74, 6) is 0.969. The van der Waals surface area contributed by atoms with Gasteiger partial charge in [-0.15, -0.1) is 0 Å². The molecule has 0 aliphatic rings. The van der Waals surface area contributed by atoms with Crippen molar-refractivity contribution in [3.63, 3.8) is 0 Å². The van der Waals surface area contributed by atoms with Gasteiger partial charge in [-0.25, -0.2) is 4.39 Å². The van der Waals surface area contributed by atoms with Crippen LogP contribution in [0.3, 0.4) is 0 Å². The topological polar surface area (TPSA) is 0 Å². The molecule has 0 radical (unpaired) electrons. The van der Waals surface area contributed by atoms with Gasteiger partial charge < -0.3 is 0 Å². The molecule has 0 saturated heterocycles. The van der Waals surface area contributed by atoms with Crippen molar-refractivity contribution < 1.29 is 4.39 Å². The van der Waals surface area contributed by atoms with Gasteiger partial charge >= 0.3 is 0 Å². The number of hydrogen-bond donors (Lipinski definition) is 0. The predicted molar refractivity (Wildman–Crippen MR) is 71.2 cm³/mol. The van der Waals surface area contributed by atoms with Crippen LogP contribution < -0.4 is 0 Å². The average Bonchev–Trinajstić information content (AvgIpc) is 2.11. The van der Waals surface area contributed by atoms with E-state index >= 15 is 0 Å². The number of benzene rings is 1. The van der Waals surface area contributed by atoms with Crippen LogP contribution in [0.2, 0.25) is 0 Å². The lowest BCUT2D eigenvalue weighted by Crippen LogP contribution is -2.02. The maximum absolute atomic E-state index is 13.8. The summed E-state index contributed by atoms with van der Waals surface area (Å²) in [5, 5.41) is 0. The molecule has 0 amide bonds. The molecule has 90 valence electrons. The summed E-state index contributed by atoms with van der Waals surface area (Å²) in [6, 6.07) is 3.62. The van der Waals surface area contributed by atoms with Crippen LogP contribution in [0.1, 0.15) is 38.8 Å². The third kappa shape index (κ3) is 3.89. The molecule has 0 aliphatic heterocycles. The van der Waals surface area contributed by atoms with Gasteiger partial charge in [0.25, 0.3) is 0 Å². The van der Waals surface area contributed by atoms with Crippen LogP contribution in [-0.2, 0) is 12.8 Å². The molecule has 0 spiro atoms. The lowest BCUT2D eigenvalue weighted by atomic mass is 9.97. The number of rotatable bonds is 4. The van der Waals surface area contributed by atoms with E-state index in [9.17, 15) is 4.39 Å². The van der Waals surface area contributed by atoms with Crippen molar-refractivity contribution >= 4 is 15.9 Å². The second kappa shape index (κ2) is 5.81. The highest BCUT2D eigenvalue weighted by molar-refractivity contribution is 9.10. The Hall–Kier alpha value is -0.370. The van der Waals surface area contributed by atoms with Crippen LogP contribution in [0.4, 0.5) is 4.39 Å². The molecule has 0 bridgehead atoms. The highest BCUT2D eigenvalue weighted by atomic mass is 79.9. The zero-order chi connectivity index (χ0) is 12.3. The molecule has 16 heavy (non-hydrogen) atoms. The van der Waals surface area contributed by atoms with Gasteiger partial charge in [-0.2, -0.15) is 0 Å². The van der Waals surface area contributed by atoms with E-state index < -0.39 is 0 Å². The first kappa shape index (κ1) is 13.7. The maximum Gasteiger partial charge on any atom is 0.126 e. The number of hydrogen-bond acceptors (Lipinski definition) is 0. The van der Waals surface area contributed by atoms with Crippen LogP contribution in [0.15, 0.2) is 16.6 Å². The molecule has 0 heterocycles. The van der Waals surface area contributed by atoms with Crippen LogP contribution >= 0.6 is 15.9 Å². The van der Waals surface area contributed by atoms with E-state index in [1.807, 2.05) is 6.07 Å². The molecule has 1 aromatic carbocycles. The smallest absolute Gasteiger partial charge is 0.126 e. The molecule has 2 heteroatoms. The van der Waals surface area contributed by atoms with Crippen molar-refractivity contribution in [2.24, 2.45) is 11.8 Å². The summed E-state index contributed by atoms with van der Waals surface area (Å²) in [5.41, 5.74) is 1.88. The van der Waals surface area contributed by atoms with Crippen LogP contribution in [-0.4, -0.2) is 0 Å². The van der Waals surface area contributed by atoms with Crippen molar-refractivity contribution in [2.75, 3.05) is 0 Å². The summed E-state index contributed by atoms with van der Waals surface area (Å²) in [4.78, 5) is 0. The van der Waals surface area contributed by atoms with E-state index in [2.05, 4.69) is 43.6 Å². The maximum atomic E-state index is 13.8. The predicted octanol–water partition coefficient (Wildman–Crippen LogP) is 4.99. The third-order valence-electron chi connectivity index (χ3n) is 2.47. The SMILES string of the molecule is CC(C)Cc1cc(Br)c(CC(C)C)cc1F. The van der Waals surface area contributed by atoms with E-state index in [4.69, 9.17) is 0 Å². The van der Waals surface area contributed by atoms with Gasteiger partial charge in [-0.3, -0.25) is 0 Å². The molecule has 0 aliphatic carbocycles. The van der Waals surface area contributed by atoms with Gasteiger partial charge in [0.05, 0.1) is 0 Å². The lowest BCUT2D eigenvalue weighted by molar-refractivity contribution is 0.568. The molecule has 1 aromatic rings. The van der Waals surface area contributed by atoms with Crippen molar-refractivity contribution in [1.29, 1.82) is 0 Å². The average molecular weight is 287 g/mol. The Balaban J connectivity index is 2.97. The molecular weight excluding hydrogens is 267 g/mol. The molecule has 0 fully saturated rings. The Bertz CT molecular complexity index is 320. The summed E-state index contributed by atoms with van der Waals surface area (Å²) in [6.07, 6.45) is 1.71. The van der Waals surface area contributed by atoms with Gasteiger partial charge in [0, 0.05) is 4.47 Å². The van der Waals surface area contributed by atoms with E-state index in [-0.39, 0.29) is 5.82 Å². The molecule has 1 rings (SSSR count). The fraction of sp³-hybridized carbons (Fsp3) is 0.571. The van der Waals surface area contributed by atoms with Gasteiger partial charge in [0.1, 0.15) is 5.82 Å². The number of halogens is 2. The summed E-state index contributed by atoms with van der Waals surface area (Å²) >= 11 is 3.53. The van der Waals surface area contributed by atoms with Crippen molar-refractivity contribution in [3.8, 4) is 0 Å². The molecule has 0 saturated carbocycles. The van der Waals surface area contributed by atoms with Gasteiger partial charge in [0.2, 0.25) is 0 Å². The summed E-state index contributed by atoms with van der Waals surface area (Å²) < 4.78 is 14.9. The minimum Gasteiger partial charge on any atom is -0.207 e. The minimum atomic E-state index is -0.0625. The summed E-state index contributed by atoms with van der Waals surface area (Å²) in [6.45, 7) is 8.50. The first-order valence-corrected chi connectivity index (χ1v) is 6.66. The Morgan fingerprint density at radius 1 is 1.00 bits per heavy atom. The van der Waals surface area contributed by atoms with Crippen molar-refractivity contribution in [1.82, 2.24) is 0 Å². The van der Waals surface area contributed by atoms with Crippen LogP contribution in [0.5, 0.6) is 0 Å². The zero-order valence-corrected chi connectivity index (χ0v) is 12.1. The minimum absolute atomic E-state index is 0.0625. The quantitative estimate of drug-likeness (QED) is 0.732. The van der Waals surface area contributed by atoms with Gasteiger partial charge in [0.15, 0.2) is 0 Å².